The van der Waals surface area contributed by atoms with Crippen LogP contribution in [0.5, 0.6) is 0 Å². The summed E-state index contributed by atoms with van der Waals surface area (Å²) in [7, 11) is 1.84. The molecule has 1 aliphatic heterocycles. The Balaban J connectivity index is 2.48. The SMILES string of the molecule is CNCC1CN(C(=O)OC(C)(C)C)C[C@@H]1O. The molecule has 2 N–H and O–H groups in total. The fourth-order valence-electron chi connectivity index (χ4n) is 1.79. The van der Waals surface area contributed by atoms with Crippen molar-refractivity contribution in [2.24, 2.45) is 5.92 Å². The van der Waals surface area contributed by atoms with E-state index in [1.54, 1.807) is 4.90 Å². The third-order valence-electron chi connectivity index (χ3n) is 2.52. The Kier molecular flexibility index (Phi) is 4.15. The summed E-state index contributed by atoms with van der Waals surface area (Å²) in [5.74, 6) is 0.0949. The number of ether oxygens (including phenoxy) is 1. The Hall–Kier alpha value is -0.810. The molecule has 16 heavy (non-hydrogen) atoms. The summed E-state index contributed by atoms with van der Waals surface area (Å²) in [5, 5.41) is 12.8. The molecule has 0 aromatic heterocycles. The minimum absolute atomic E-state index is 0.0949. The summed E-state index contributed by atoms with van der Waals surface area (Å²) < 4.78 is 5.25. The molecule has 0 radical (unpaired) electrons. The zero-order chi connectivity index (χ0) is 12.3. The number of rotatable bonds is 2. The van der Waals surface area contributed by atoms with Gasteiger partial charge in [-0.05, 0) is 27.8 Å². The summed E-state index contributed by atoms with van der Waals surface area (Å²) in [6.45, 7) is 7.13. The molecular weight excluding hydrogens is 208 g/mol. The summed E-state index contributed by atoms with van der Waals surface area (Å²) in [6, 6.07) is 0. The summed E-state index contributed by atoms with van der Waals surface area (Å²) in [4.78, 5) is 13.3. The van der Waals surface area contributed by atoms with Gasteiger partial charge < -0.3 is 20.1 Å². The van der Waals surface area contributed by atoms with Gasteiger partial charge in [0.1, 0.15) is 5.60 Å². The molecular formula is C11H22N2O3. The average Bonchev–Trinajstić information content (AvgIpc) is 2.46. The molecule has 0 aromatic carbocycles. The normalized spacial score (nSPS) is 25.9. The van der Waals surface area contributed by atoms with Crippen LogP contribution in [0, 0.1) is 5.92 Å². The molecule has 0 saturated carbocycles. The number of nitrogens with one attached hydrogen (secondary N) is 1. The van der Waals surface area contributed by atoms with Crippen molar-refractivity contribution in [1.29, 1.82) is 0 Å². The molecule has 0 spiro atoms. The van der Waals surface area contributed by atoms with Crippen LogP contribution in [0.25, 0.3) is 0 Å². The Labute approximate surface area is 96.8 Å². The van der Waals surface area contributed by atoms with Gasteiger partial charge in [-0.25, -0.2) is 4.79 Å². The highest BCUT2D eigenvalue weighted by atomic mass is 16.6. The molecule has 1 saturated heterocycles. The minimum atomic E-state index is -0.483. The Morgan fingerprint density at radius 2 is 2.12 bits per heavy atom. The van der Waals surface area contributed by atoms with Crippen molar-refractivity contribution >= 4 is 6.09 Å². The van der Waals surface area contributed by atoms with Gasteiger partial charge in [0.05, 0.1) is 12.6 Å². The number of carbonyl (C=O) groups is 1. The zero-order valence-corrected chi connectivity index (χ0v) is 10.5. The van der Waals surface area contributed by atoms with Crippen molar-refractivity contribution in [3.05, 3.63) is 0 Å². The molecule has 0 bridgehead atoms. The van der Waals surface area contributed by atoms with Gasteiger partial charge in [0.15, 0.2) is 0 Å². The van der Waals surface area contributed by atoms with Gasteiger partial charge in [-0.15, -0.1) is 0 Å². The monoisotopic (exact) mass is 230 g/mol. The molecule has 1 amide bonds. The maximum absolute atomic E-state index is 11.7. The van der Waals surface area contributed by atoms with Crippen LogP contribution < -0.4 is 5.32 Å². The van der Waals surface area contributed by atoms with Crippen molar-refractivity contribution in [3.63, 3.8) is 0 Å². The molecule has 5 heteroatoms. The lowest BCUT2D eigenvalue weighted by Gasteiger charge is -2.24. The Morgan fingerprint density at radius 3 is 2.62 bits per heavy atom. The number of carbonyl (C=O) groups excluding carboxylic acids is 1. The first-order valence-corrected chi connectivity index (χ1v) is 5.64. The van der Waals surface area contributed by atoms with Gasteiger partial charge in [0, 0.05) is 19.0 Å². The number of hydrogen-bond donors (Lipinski definition) is 2. The Bertz CT molecular complexity index is 250. The number of β-amino-alcohol motifs (C(OH)–C–C–N with tert-alkyl or cyclic N) is 1. The molecule has 94 valence electrons. The third-order valence-corrected chi connectivity index (χ3v) is 2.52. The largest absolute Gasteiger partial charge is 0.444 e. The van der Waals surface area contributed by atoms with E-state index in [1.807, 2.05) is 27.8 Å². The van der Waals surface area contributed by atoms with Crippen LogP contribution in [0.4, 0.5) is 4.79 Å². The molecule has 1 fully saturated rings. The Morgan fingerprint density at radius 1 is 1.50 bits per heavy atom. The molecule has 1 aliphatic rings. The predicted molar refractivity (Wildman–Crippen MR) is 61.2 cm³/mol. The lowest BCUT2D eigenvalue weighted by molar-refractivity contribution is 0.0270. The van der Waals surface area contributed by atoms with Crippen molar-refractivity contribution in [2.75, 3.05) is 26.7 Å². The topological polar surface area (TPSA) is 61.8 Å². The van der Waals surface area contributed by atoms with Gasteiger partial charge >= 0.3 is 6.09 Å². The summed E-state index contributed by atoms with van der Waals surface area (Å²) in [5.41, 5.74) is -0.483. The number of hydrogen-bond acceptors (Lipinski definition) is 4. The van der Waals surface area contributed by atoms with E-state index in [-0.39, 0.29) is 12.0 Å². The van der Waals surface area contributed by atoms with E-state index in [0.717, 1.165) is 0 Å². The molecule has 1 heterocycles. The highest BCUT2D eigenvalue weighted by molar-refractivity contribution is 5.68. The smallest absolute Gasteiger partial charge is 0.410 e. The molecule has 0 aromatic rings. The third kappa shape index (κ3) is 3.64. The van der Waals surface area contributed by atoms with Crippen LogP contribution in [0.15, 0.2) is 0 Å². The number of aliphatic hydroxyl groups is 1. The molecule has 0 aliphatic carbocycles. The second-order valence-corrected chi connectivity index (χ2v) is 5.27. The van der Waals surface area contributed by atoms with Crippen LogP contribution >= 0.6 is 0 Å². The van der Waals surface area contributed by atoms with Gasteiger partial charge in [-0.1, -0.05) is 0 Å². The van der Waals surface area contributed by atoms with E-state index >= 15 is 0 Å². The highest BCUT2D eigenvalue weighted by Crippen LogP contribution is 2.19. The fourth-order valence-corrected chi connectivity index (χ4v) is 1.79. The number of likely N-dealkylation sites (tertiary alicyclic amines) is 1. The number of amides is 1. The first-order valence-electron chi connectivity index (χ1n) is 5.64. The van der Waals surface area contributed by atoms with Gasteiger partial charge in [0.25, 0.3) is 0 Å². The van der Waals surface area contributed by atoms with Gasteiger partial charge in [-0.2, -0.15) is 0 Å². The maximum atomic E-state index is 11.7. The van der Waals surface area contributed by atoms with E-state index in [0.29, 0.717) is 19.6 Å². The summed E-state index contributed by atoms with van der Waals surface area (Å²) >= 11 is 0. The van der Waals surface area contributed by atoms with Crippen molar-refractivity contribution in [2.45, 2.75) is 32.5 Å². The van der Waals surface area contributed by atoms with Crippen LogP contribution in [-0.4, -0.2) is 54.5 Å². The van der Waals surface area contributed by atoms with Crippen LogP contribution in [0.3, 0.4) is 0 Å². The second-order valence-electron chi connectivity index (χ2n) is 5.27. The minimum Gasteiger partial charge on any atom is -0.444 e. The fraction of sp³-hybridized carbons (Fsp3) is 0.909. The van der Waals surface area contributed by atoms with Crippen LogP contribution in [0.2, 0.25) is 0 Å². The first kappa shape index (κ1) is 13.3. The molecule has 5 nitrogen and oxygen atoms in total. The van der Waals surface area contributed by atoms with E-state index < -0.39 is 11.7 Å². The highest BCUT2D eigenvalue weighted by Gasteiger charge is 2.35. The zero-order valence-electron chi connectivity index (χ0n) is 10.5. The first-order chi connectivity index (χ1) is 7.33. The van der Waals surface area contributed by atoms with Crippen molar-refractivity contribution in [3.8, 4) is 0 Å². The lowest BCUT2D eigenvalue weighted by atomic mass is 10.1. The van der Waals surface area contributed by atoms with Crippen molar-refractivity contribution in [1.82, 2.24) is 10.2 Å². The average molecular weight is 230 g/mol. The molecule has 1 rings (SSSR count). The van der Waals surface area contributed by atoms with E-state index in [1.165, 1.54) is 0 Å². The van der Waals surface area contributed by atoms with Gasteiger partial charge in [0.2, 0.25) is 0 Å². The standard InChI is InChI=1S/C11H22N2O3/c1-11(2,3)16-10(15)13-6-8(5-12-4)9(14)7-13/h8-9,12,14H,5-7H2,1-4H3/t8?,9-/m0/s1. The van der Waals surface area contributed by atoms with E-state index in [2.05, 4.69) is 5.32 Å². The summed E-state index contributed by atoms with van der Waals surface area (Å²) in [6.07, 6.45) is -0.801. The lowest BCUT2D eigenvalue weighted by Crippen LogP contribution is -2.36. The molecule has 1 unspecified atom stereocenters. The van der Waals surface area contributed by atoms with E-state index in [4.69, 9.17) is 4.74 Å². The van der Waals surface area contributed by atoms with Crippen molar-refractivity contribution < 1.29 is 14.6 Å². The quantitative estimate of drug-likeness (QED) is 0.722. The number of nitrogens with zero attached hydrogens (tertiary/aromatic N) is 1. The maximum Gasteiger partial charge on any atom is 0.410 e. The van der Waals surface area contributed by atoms with Gasteiger partial charge in [-0.3, -0.25) is 0 Å². The van der Waals surface area contributed by atoms with E-state index in [9.17, 15) is 9.90 Å². The molecule has 2 atom stereocenters. The van der Waals surface area contributed by atoms with Crippen LogP contribution in [-0.2, 0) is 4.74 Å². The predicted octanol–water partition coefficient (Wildman–Crippen LogP) is 0.434. The number of aliphatic hydroxyl groups excluding tert-OH is 1. The van der Waals surface area contributed by atoms with Crippen LogP contribution in [0.1, 0.15) is 20.8 Å². The second kappa shape index (κ2) is 5.01.